The number of rotatable bonds is 1. The highest BCUT2D eigenvalue weighted by Crippen LogP contribution is 2.38. The van der Waals surface area contributed by atoms with Crippen LogP contribution in [0.3, 0.4) is 0 Å². The van der Waals surface area contributed by atoms with Crippen LogP contribution in [0.1, 0.15) is 5.69 Å². The maximum atomic E-state index is 12.9. The monoisotopic (exact) mass is 259 g/mol. The number of hydrogen-bond donors (Lipinski definition) is 1. The van der Waals surface area contributed by atoms with E-state index in [2.05, 4.69) is 4.98 Å². The van der Waals surface area contributed by atoms with Crippen molar-refractivity contribution in [2.24, 2.45) is 0 Å². The Kier molecular flexibility index (Phi) is 2.52. The molecule has 0 atom stereocenters. The Hall–Kier alpha value is -1.94. The second-order valence-electron chi connectivity index (χ2n) is 4.09. The normalized spacial score (nSPS) is 11.0. The summed E-state index contributed by atoms with van der Waals surface area (Å²) in [5.74, 6) is -0.0687. The zero-order valence-electron chi connectivity index (χ0n) is 9.64. The number of aryl methyl sites for hydroxylation is 1. The molecule has 0 aliphatic rings. The number of aromatic hydroxyl groups is 1. The lowest BCUT2D eigenvalue weighted by molar-refractivity contribution is 0.479. The first-order chi connectivity index (χ1) is 8.65. The van der Waals surface area contributed by atoms with Crippen LogP contribution in [0.5, 0.6) is 5.75 Å². The van der Waals surface area contributed by atoms with Gasteiger partial charge in [-0.1, -0.05) is 12.1 Å². The highest BCUT2D eigenvalue weighted by molar-refractivity contribution is 7.22. The molecule has 2 aromatic heterocycles. The Labute approximate surface area is 107 Å². The van der Waals surface area contributed by atoms with Crippen molar-refractivity contribution >= 4 is 21.4 Å². The molecule has 0 unspecified atom stereocenters. The summed E-state index contributed by atoms with van der Waals surface area (Å²) >= 11 is 1.55. The van der Waals surface area contributed by atoms with Crippen LogP contribution in [0.15, 0.2) is 36.5 Å². The van der Waals surface area contributed by atoms with Gasteiger partial charge in [-0.3, -0.25) is 4.98 Å². The average molecular weight is 259 g/mol. The van der Waals surface area contributed by atoms with E-state index in [1.165, 1.54) is 18.3 Å². The highest BCUT2D eigenvalue weighted by Gasteiger charge is 2.10. The zero-order valence-corrected chi connectivity index (χ0v) is 10.5. The summed E-state index contributed by atoms with van der Waals surface area (Å²) in [4.78, 5) is 5.13. The molecule has 0 fully saturated rings. The topological polar surface area (TPSA) is 33.1 Å². The summed E-state index contributed by atoms with van der Waals surface area (Å²) in [6, 6.07) is 8.26. The summed E-state index contributed by atoms with van der Waals surface area (Å²) in [5, 5.41) is 10.6. The van der Waals surface area contributed by atoms with Gasteiger partial charge in [0.1, 0.15) is 11.6 Å². The molecule has 0 saturated carbocycles. The van der Waals surface area contributed by atoms with Gasteiger partial charge in [0.15, 0.2) is 0 Å². The van der Waals surface area contributed by atoms with Crippen molar-refractivity contribution in [3.63, 3.8) is 0 Å². The molecule has 2 nitrogen and oxygen atoms in total. The predicted octanol–water partition coefficient (Wildman–Crippen LogP) is 4.12. The molecule has 3 rings (SSSR count). The Morgan fingerprint density at radius 1 is 1.22 bits per heavy atom. The van der Waals surface area contributed by atoms with E-state index in [0.717, 1.165) is 26.2 Å². The summed E-state index contributed by atoms with van der Waals surface area (Å²) < 4.78 is 13.9. The fourth-order valence-electron chi connectivity index (χ4n) is 1.89. The molecule has 0 aliphatic carbocycles. The minimum atomic E-state index is -0.249. The minimum absolute atomic E-state index is 0.181. The number of aromatic nitrogens is 1. The molecule has 3 aromatic rings. The van der Waals surface area contributed by atoms with E-state index in [9.17, 15) is 9.50 Å². The average Bonchev–Trinajstić information content (AvgIpc) is 2.81. The molecule has 1 aromatic carbocycles. The molecule has 0 spiro atoms. The Morgan fingerprint density at radius 2 is 1.94 bits per heavy atom. The number of benzene rings is 1. The van der Waals surface area contributed by atoms with Gasteiger partial charge in [-0.2, -0.15) is 0 Å². The minimum Gasteiger partial charge on any atom is -0.506 e. The molecule has 0 saturated heterocycles. The summed E-state index contributed by atoms with van der Waals surface area (Å²) in [6.07, 6.45) is 1.46. The molecule has 0 amide bonds. The summed E-state index contributed by atoms with van der Waals surface area (Å²) in [7, 11) is 0. The quantitative estimate of drug-likeness (QED) is 0.713. The molecule has 0 radical (unpaired) electrons. The second-order valence-corrected chi connectivity index (χ2v) is 5.14. The van der Waals surface area contributed by atoms with Crippen LogP contribution in [-0.4, -0.2) is 10.1 Å². The lowest BCUT2D eigenvalue weighted by atomic mass is 10.1. The predicted molar refractivity (Wildman–Crippen MR) is 71.4 cm³/mol. The van der Waals surface area contributed by atoms with E-state index >= 15 is 0 Å². The SMILES string of the molecule is Cc1ncc(O)c2cc(-c3ccc(F)cc3)sc12. The molecule has 90 valence electrons. The van der Waals surface area contributed by atoms with Gasteiger partial charge in [-0.15, -0.1) is 11.3 Å². The molecular formula is C14H10FNOS. The van der Waals surface area contributed by atoms with Gasteiger partial charge >= 0.3 is 0 Å². The lowest BCUT2D eigenvalue weighted by Gasteiger charge is -1.95. The Bertz CT molecular complexity index is 679. The first kappa shape index (κ1) is 11.2. The number of nitrogens with zero attached hydrogens (tertiary/aromatic N) is 1. The van der Waals surface area contributed by atoms with Crippen molar-refractivity contribution in [1.82, 2.24) is 4.98 Å². The third-order valence-corrected chi connectivity index (χ3v) is 4.14. The third-order valence-electron chi connectivity index (χ3n) is 2.85. The van der Waals surface area contributed by atoms with E-state index in [1.54, 1.807) is 23.5 Å². The van der Waals surface area contributed by atoms with Crippen LogP contribution >= 0.6 is 11.3 Å². The van der Waals surface area contributed by atoms with Gasteiger partial charge in [-0.05, 0) is 30.7 Å². The second kappa shape index (κ2) is 4.07. The molecular weight excluding hydrogens is 249 g/mol. The Balaban J connectivity index is 2.22. The van der Waals surface area contributed by atoms with Crippen LogP contribution in [0.25, 0.3) is 20.5 Å². The molecule has 2 heterocycles. The number of thiophene rings is 1. The molecule has 1 N–H and O–H groups in total. The van der Waals surface area contributed by atoms with E-state index < -0.39 is 0 Å². The van der Waals surface area contributed by atoms with Gasteiger partial charge in [0.25, 0.3) is 0 Å². The van der Waals surface area contributed by atoms with Crippen molar-refractivity contribution in [3.05, 3.63) is 48.0 Å². The molecule has 0 aliphatic heterocycles. The van der Waals surface area contributed by atoms with Crippen molar-refractivity contribution in [2.45, 2.75) is 6.92 Å². The van der Waals surface area contributed by atoms with Crippen LogP contribution in [-0.2, 0) is 0 Å². The van der Waals surface area contributed by atoms with Gasteiger partial charge < -0.3 is 5.11 Å². The van der Waals surface area contributed by atoms with E-state index in [-0.39, 0.29) is 11.6 Å². The molecule has 4 heteroatoms. The van der Waals surface area contributed by atoms with E-state index in [4.69, 9.17) is 0 Å². The lowest BCUT2D eigenvalue weighted by Crippen LogP contribution is -1.78. The van der Waals surface area contributed by atoms with E-state index in [1.807, 2.05) is 13.0 Å². The van der Waals surface area contributed by atoms with Gasteiger partial charge in [-0.25, -0.2) is 4.39 Å². The first-order valence-corrected chi connectivity index (χ1v) is 6.31. The van der Waals surface area contributed by atoms with Gasteiger partial charge in [0.05, 0.1) is 16.6 Å². The van der Waals surface area contributed by atoms with Crippen molar-refractivity contribution < 1.29 is 9.50 Å². The summed E-state index contributed by atoms with van der Waals surface area (Å²) in [5.41, 5.74) is 1.83. The van der Waals surface area contributed by atoms with Crippen molar-refractivity contribution in [3.8, 4) is 16.2 Å². The Morgan fingerprint density at radius 3 is 2.61 bits per heavy atom. The largest absolute Gasteiger partial charge is 0.506 e. The maximum absolute atomic E-state index is 12.9. The summed E-state index contributed by atoms with van der Waals surface area (Å²) in [6.45, 7) is 1.91. The fraction of sp³-hybridized carbons (Fsp3) is 0.0714. The van der Waals surface area contributed by atoms with E-state index in [0.29, 0.717) is 0 Å². The first-order valence-electron chi connectivity index (χ1n) is 5.49. The molecule has 0 bridgehead atoms. The number of fused-ring (bicyclic) bond motifs is 1. The molecule has 18 heavy (non-hydrogen) atoms. The van der Waals surface area contributed by atoms with Gasteiger partial charge in [0.2, 0.25) is 0 Å². The third kappa shape index (κ3) is 1.75. The highest BCUT2D eigenvalue weighted by atomic mass is 32.1. The van der Waals surface area contributed by atoms with Crippen molar-refractivity contribution in [1.29, 1.82) is 0 Å². The maximum Gasteiger partial charge on any atom is 0.142 e. The standard InChI is InChI=1S/C14H10FNOS/c1-8-14-11(12(17)7-16-8)6-13(18-14)9-2-4-10(15)5-3-9/h2-7,17H,1H3. The number of pyridine rings is 1. The van der Waals surface area contributed by atoms with Crippen LogP contribution in [0.4, 0.5) is 4.39 Å². The van der Waals surface area contributed by atoms with Crippen LogP contribution < -0.4 is 0 Å². The smallest absolute Gasteiger partial charge is 0.142 e. The van der Waals surface area contributed by atoms with Crippen molar-refractivity contribution in [2.75, 3.05) is 0 Å². The fourth-order valence-corrected chi connectivity index (χ4v) is 3.02. The number of halogens is 1. The zero-order chi connectivity index (χ0) is 12.7. The van der Waals surface area contributed by atoms with Gasteiger partial charge in [0, 0.05) is 10.3 Å². The number of hydrogen-bond acceptors (Lipinski definition) is 3. The van der Waals surface area contributed by atoms with Crippen LogP contribution in [0, 0.1) is 12.7 Å². The van der Waals surface area contributed by atoms with Crippen LogP contribution in [0.2, 0.25) is 0 Å².